The fourth-order valence-electron chi connectivity index (χ4n) is 4.83. The van der Waals surface area contributed by atoms with Gasteiger partial charge in [-0.2, -0.15) is 0 Å². The minimum atomic E-state index is -0.619. The smallest absolute Gasteiger partial charge is 0.0963 e. The number of benzene rings is 4. The molecule has 1 aliphatic rings. The predicted octanol–water partition coefficient (Wildman–Crippen LogP) is 5.67. The van der Waals surface area contributed by atoms with Crippen LogP contribution in [0.15, 0.2) is 109 Å². The number of rotatable bonds is 5. The molecule has 0 aromatic heterocycles. The maximum atomic E-state index is 11.1. The van der Waals surface area contributed by atoms with Crippen LogP contribution < -0.4 is 5.32 Å². The van der Waals surface area contributed by atoms with Crippen molar-refractivity contribution >= 4 is 0 Å². The van der Waals surface area contributed by atoms with Gasteiger partial charge < -0.3 is 5.11 Å². The second kappa shape index (κ2) is 7.56. The van der Waals surface area contributed by atoms with Crippen LogP contribution in [0.5, 0.6) is 0 Å². The molecule has 5 rings (SSSR count). The Hall–Kier alpha value is -3.20. The summed E-state index contributed by atoms with van der Waals surface area (Å²) in [6.45, 7) is 2.06. The predicted molar refractivity (Wildman–Crippen MR) is 122 cm³/mol. The van der Waals surface area contributed by atoms with Gasteiger partial charge in [0, 0.05) is 6.04 Å². The average Bonchev–Trinajstić information content (AvgIpc) is 3.11. The second-order valence-electron chi connectivity index (χ2n) is 8.00. The van der Waals surface area contributed by atoms with Gasteiger partial charge in [-0.15, -0.1) is 0 Å². The summed E-state index contributed by atoms with van der Waals surface area (Å²) < 4.78 is 0. The lowest BCUT2D eigenvalue weighted by Gasteiger charge is -2.38. The standard InChI is InChI=1S/C28H25NO/c1-20(27(30)21-12-4-2-5-13-21)29-28(22-14-6-3-7-15-22)25-18-10-8-16-23(25)24-17-9-11-19-26(24)28/h2-20,27,29-30H,1H3/t20-,27-/m0/s1. The molecule has 4 aromatic carbocycles. The SMILES string of the molecule is C[C@H](NC1(c2ccccc2)c2ccccc2-c2ccccc21)[C@H](O)c1ccccc1. The second-order valence-corrected chi connectivity index (χ2v) is 8.00. The lowest BCUT2D eigenvalue weighted by molar-refractivity contribution is 0.125. The molecule has 0 spiro atoms. The molecule has 0 saturated heterocycles. The van der Waals surface area contributed by atoms with E-state index in [4.69, 9.17) is 0 Å². The molecular formula is C28H25NO. The average molecular weight is 392 g/mol. The molecule has 2 N–H and O–H groups in total. The number of fused-ring (bicyclic) bond motifs is 3. The summed E-state index contributed by atoms with van der Waals surface area (Å²) in [6, 6.07) is 37.5. The summed E-state index contributed by atoms with van der Waals surface area (Å²) in [5.41, 5.74) is 6.50. The highest BCUT2D eigenvalue weighted by atomic mass is 16.3. The van der Waals surface area contributed by atoms with Crippen LogP contribution in [0, 0.1) is 0 Å². The van der Waals surface area contributed by atoms with Crippen molar-refractivity contribution in [2.24, 2.45) is 0 Å². The third kappa shape index (κ3) is 2.88. The van der Waals surface area contributed by atoms with E-state index in [0.717, 1.165) is 5.56 Å². The molecule has 0 bridgehead atoms. The molecule has 4 aromatic rings. The quantitative estimate of drug-likeness (QED) is 0.459. The number of hydrogen-bond donors (Lipinski definition) is 2. The molecule has 2 nitrogen and oxygen atoms in total. The molecule has 1 aliphatic carbocycles. The summed E-state index contributed by atoms with van der Waals surface area (Å²) >= 11 is 0. The summed E-state index contributed by atoms with van der Waals surface area (Å²) in [5.74, 6) is 0. The van der Waals surface area contributed by atoms with E-state index in [1.807, 2.05) is 36.4 Å². The first-order valence-electron chi connectivity index (χ1n) is 10.5. The summed E-state index contributed by atoms with van der Waals surface area (Å²) in [6.07, 6.45) is -0.619. The van der Waals surface area contributed by atoms with Gasteiger partial charge in [0.25, 0.3) is 0 Å². The van der Waals surface area contributed by atoms with Crippen molar-refractivity contribution in [1.29, 1.82) is 0 Å². The molecule has 2 atom stereocenters. The van der Waals surface area contributed by atoms with Crippen LogP contribution in [0.2, 0.25) is 0 Å². The lowest BCUT2D eigenvalue weighted by atomic mass is 9.79. The van der Waals surface area contributed by atoms with E-state index in [-0.39, 0.29) is 6.04 Å². The van der Waals surface area contributed by atoms with Gasteiger partial charge in [-0.3, -0.25) is 5.32 Å². The Morgan fingerprint density at radius 2 is 1.10 bits per heavy atom. The van der Waals surface area contributed by atoms with E-state index in [1.54, 1.807) is 0 Å². The molecule has 148 valence electrons. The van der Waals surface area contributed by atoms with Crippen LogP contribution >= 0.6 is 0 Å². The molecule has 0 fully saturated rings. The van der Waals surface area contributed by atoms with Crippen molar-refractivity contribution in [2.75, 3.05) is 0 Å². The minimum Gasteiger partial charge on any atom is -0.387 e. The van der Waals surface area contributed by atoms with E-state index in [0.29, 0.717) is 0 Å². The zero-order chi connectivity index (χ0) is 20.6. The van der Waals surface area contributed by atoms with Crippen LogP contribution in [0.1, 0.15) is 35.3 Å². The summed E-state index contributed by atoms with van der Waals surface area (Å²) in [7, 11) is 0. The van der Waals surface area contributed by atoms with Crippen LogP contribution in [0.4, 0.5) is 0 Å². The third-order valence-electron chi connectivity index (χ3n) is 6.22. The van der Waals surface area contributed by atoms with E-state index >= 15 is 0 Å². The molecule has 0 heterocycles. The zero-order valence-corrected chi connectivity index (χ0v) is 17.0. The van der Waals surface area contributed by atoms with E-state index in [2.05, 4.69) is 85.0 Å². The van der Waals surface area contributed by atoms with Gasteiger partial charge >= 0.3 is 0 Å². The van der Waals surface area contributed by atoms with Gasteiger partial charge in [-0.05, 0) is 40.3 Å². The molecule has 0 radical (unpaired) electrons. The summed E-state index contributed by atoms with van der Waals surface area (Å²) in [5, 5.41) is 15.0. The van der Waals surface area contributed by atoms with E-state index in [1.165, 1.54) is 27.8 Å². The molecular weight excluding hydrogens is 366 g/mol. The molecule has 0 unspecified atom stereocenters. The first-order chi connectivity index (χ1) is 14.7. The van der Waals surface area contributed by atoms with E-state index in [9.17, 15) is 5.11 Å². The fraction of sp³-hybridized carbons (Fsp3) is 0.143. The fourth-order valence-corrected chi connectivity index (χ4v) is 4.83. The largest absolute Gasteiger partial charge is 0.387 e. The Labute approximate surface area is 177 Å². The normalized spacial score (nSPS) is 15.8. The molecule has 30 heavy (non-hydrogen) atoms. The highest BCUT2D eigenvalue weighted by Crippen LogP contribution is 2.51. The molecule has 2 heteroatoms. The van der Waals surface area contributed by atoms with Crippen LogP contribution in [0.3, 0.4) is 0 Å². The maximum Gasteiger partial charge on any atom is 0.0963 e. The Balaban J connectivity index is 1.69. The number of aliphatic hydroxyl groups excluding tert-OH is 1. The third-order valence-corrected chi connectivity index (χ3v) is 6.22. The first-order valence-corrected chi connectivity index (χ1v) is 10.5. The Kier molecular flexibility index (Phi) is 4.74. The molecule has 0 amide bonds. The molecule has 0 aliphatic heterocycles. The van der Waals surface area contributed by atoms with Gasteiger partial charge in [0.2, 0.25) is 0 Å². The van der Waals surface area contributed by atoms with Crippen molar-refractivity contribution in [3.8, 4) is 11.1 Å². The van der Waals surface area contributed by atoms with Crippen LogP contribution in [-0.2, 0) is 5.54 Å². The highest BCUT2D eigenvalue weighted by molar-refractivity contribution is 5.83. The summed E-state index contributed by atoms with van der Waals surface area (Å²) in [4.78, 5) is 0. The molecule has 0 saturated carbocycles. The van der Waals surface area contributed by atoms with E-state index < -0.39 is 11.6 Å². The minimum absolute atomic E-state index is 0.174. The van der Waals surface area contributed by atoms with Gasteiger partial charge in [0.05, 0.1) is 11.6 Å². The number of hydrogen-bond acceptors (Lipinski definition) is 2. The lowest BCUT2D eigenvalue weighted by Crippen LogP contribution is -2.49. The van der Waals surface area contributed by atoms with Gasteiger partial charge in [-0.1, -0.05) is 109 Å². The zero-order valence-electron chi connectivity index (χ0n) is 17.0. The monoisotopic (exact) mass is 391 g/mol. The first kappa shape index (κ1) is 18.8. The Morgan fingerprint density at radius 3 is 1.67 bits per heavy atom. The van der Waals surface area contributed by atoms with Crippen LogP contribution in [0.25, 0.3) is 11.1 Å². The Morgan fingerprint density at radius 1 is 0.633 bits per heavy atom. The van der Waals surface area contributed by atoms with Crippen molar-refractivity contribution in [3.05, 3.63) is 131 Å². The van der Waals surface area contributed by atoms with Crippen molar-refractivity contribution in [1.82, 2.24) is 5.32 Å². The van der Waals surface area contributed by atoms with Gasteiger partial charge in [-0.25, -0.2) is 0 Å². The van der Waals surface area contributed by atoms with Crippen molar-refractivity contribution in [3.63, 3.8) is 0 Å². The number of aliphatic hydroxyl groups is 1. The number of nitrogens with one attached hydrogen (secondary N) is 1. The highest BCUT2D eigenvalue weighted by Gasteiger charge is 2.45. The maximum absolute atomic E-state index is 11.1. The van der Waals surface area contributed by atoms with Gasteiger partial charge in [0.15, 0.2) is 0 Å². The Bertz CT molecular complexity index is 1110. The van der Waals surface area contributed by atoms with Crippen molar-refractivity contribution in [2.45, 2.75) is 24.6 Å². The van der Waals surface area contributed by atoms with Crippen LogP contribution in [-0.4, -0.2) is 11.1 Å². The van der Waals surface area contributed by atoms with Crippen molar-refractivity contribution < 1.29 is 5.11 Å². The van der Waals surface area contributed by atoms with Gasteiger partial charge in [0.1, 0.15) is 0 Å². The topological polar surface area (TPSA) is 32.3 Å².